The summed E-state index contributed by atoms with van der Waals surface area (Å²) in [6.45, 7) is 1.58. The normalized spacial score (nSPS) is 8.75. The van der Waals surface area contributed by atoms with Crippen LogP contribution < -0.4 is 0 Å². The number of aryl methyl sites for hydroxylation is 1. The van der Waals surface area contributed by atoms with Crippen LogP contribution in [0.15, 0.2) is 18.2 Å². The molecule has 66 valence electrons. The highest BCUT2D eigenvalue weighted by molar-refractivity contribution is 5.43. The first kappa shape index (κ1) is 10.4. The van der Waals surface area contributed by atoms with E-state index in [2.05, 4.69) is 0 Å². The fraction of sp³-hybridized carbons (Fsp3) is 0.250. The first-order chi connectivity index (χ1) is 5.11. The monoisotopic (exact) mass is 169 g/mol. The van der Waals surface area contributed by atoms with Gasteiger partial charge < -0.3 is 5.11 Å². The SMILES string of the molecule is C.Cc1cc(O)ccc1[N+](=O)[O-]. The van der Waals surface area contributed by atoms with Gasteiger partial charge in [0.05, 0.1) is 4.92 Å². The number of nitro benzene ring substituents is 1. The lowest BCUT2D eigenvalue weighted by Crippen LogP contribution is -1.90. The van der Waals surface area contributed by atoms with E-state index >= 15 is 0 Å². The van der Waals surface area contributed by atoms with Crippen LogP contribution in [-0.4, -0.2) is 10.0 Å². The summed E-state index contributed by atoms with van der Waals surface area (Å²) in [6, 6.07) is 3.94. The van der Waals surface area contributed by atoms with E-state index in [4.69, 9.17) is 5.11 Å². The minimum atomic E-state index is -0.477. The highest BCUT2D eigenvalue weighted by Crippen LogP contribution is 2.21. The van der Waals surface area contributed by atoms with Gasteiger partial charge in [-0.2, -0.15) is 0 Å². The Morgan fingerprint density at radius 1 is 1.50 bits per heavy atom. The molecule has 0 fully saturated rings. The number of phenols is 1. The summed E-state index contributed by atoms with van der Waals surface area (Å²) in [7, 11) is 0. The maximum Gasteiger partial charge on any atom is 0.272 e. The van der Waals surface area contributed by atoms with Crippen LogP contribution in [0, 0.1) is 17.0 Å². The topological polar surface area (TPSA) is 63.4 Å². The van der Waals surface area contributed by atoms with Crippen molar-refractivity contribution in [3.05, 3.63) is 33.9 Å². The van der Waals surface area contributed by atoms with Crippen molar-refractivity contribution in [2.75, 3.05) is 0 Å². The van der Waals surface area contributed by atoms with Crippen molar-refractivity contribution >= 4 is 5.69 Å². The van der Waals surface area contributed by atoms with Crippen LogP contribution in [-0.2, 0) is 0 Å². The van der Waals surface area contributed by atoms with Gasteiger partial charge in [0.15, 0.2) is 0 Å². The summed E-state index contributed by atoms with van der Waals surface area (Å²) in [5, 5.41) is 19.2. The van der Waals surface area contributed by atoms with Crippen LogP contribution in [0.3, 0.4) is 0 Å². The second-order valence-corrected chi connectivity index (χ2v) is 2.23. The molecule has 0 saturated heterocycles. The highest BCUT2D eigenvalue weighted by atomic mass is 16.6. The predicted octanol–water partition coefficient (Wildman–Crippen LogP) is 2.24. The maximum absolute atomic E-state index is 10.3. The van der Waals surface area contributed by atoms with Gasteiger partial charge in [-0.15, -0.1) is 0 Å². The Bertz CT molecular complexity index is 296. The van der Waals surface area contributed by atoms with Crippen molar-refractivity contribution in [1.82, 2.24) is 0 Å². The summed E-state index contributed by atoms with van der Waals surface area (Å²) < 4.78 is 0. The van der Waals surface area contributed by atoms with Gasteiger partial charge >= 0.3 is 0 Å². The molecule has 0 spiro atoms. The third kappa shape index (κ3) is 1.95. The van der Waals surface area contributed by atoms with Gasteiger partial charge in [0.1, 0.15) is 5.75 Å². The first-order valence-corrected chi connectivity index (χ1v) is 3.05. The van der Waals surface area contributed by atoms with Crippen molar-refractivity contribution < 1.29 is 10.0 Å². The summed E-state index contributed by atoms with van der Waals surface area (Å²) in [6.07, 6.45) is 0. The molecule has 0 radical (unpaired) electrons. The molecule has 0 heterocycles. The van der Waals surface area contributed by atoms with Crippen molar-refractivity contribution in [2.45, 2.75) is 14.4 Å². The average Bonchev–Trinajstić information content (AvgIpc) is 1.85. The van der Waals surface area contributed by atoms with Gasteiger partial charge in [-0.3, -0.25) is 10.1 Å². The average molecular weight is 169 g/mol. The van der Waals surface area contributed by atoms with Crippen molar-refractivity contribution in [3.63, 3.8) is 0 Å². The third-order valence-electron chi connectivity index (χ3n) is 1.38. The molecule has 0 aliphatic heterocycles. The van der Waals surface area contributed by atoms with E-state index in [0.717, 1.165) is 0 Å². The summed E-state index contributed by atoms with van der Waals surface area (Å²) in [5.74, 6) is 0.0492. The number of hydrogen-bond donors (Lipinski definition) is 1. The zero-order chi connectivity index (χ0) is 8.43. The van der Waals surface area contributed by atoms with E-state index in [1.807, 2.05) is 0 Å². The molecule has 0 atom stereocenters. The molecule has 0 aromatic heterocycles. The Kier molecular flexibility index (Phi) is 3.22. The molecule has 1 N–H and O–H groups in total. The quantitative estimate of drug-likeness (QED) is 0.518. The molecule has 4 heteroatoms. The van der Waals surface area contributed by atoms with Crippen LogP contribution in [0.4, 0.5) is 5.69 Å². The number of hydrogen-bond acceptors (Lipinski definition) is 3. The summed E-state index contributed by atoms with van der Waals surface area (Å²) >= 11 is 0. The van der Waals surface area contributed by atoms with Crippen molar-refractivity contribution in [2.24, 2.45) is 0 Å². The van der Waals surface area contributed by atoms with E-state index in [-0.39, 0.29) is 18.9 Å². The highest BCUT2D eigenvalue weighted by Gasteiger charge is 2.08. The van der Waals surface area contributed by atoms with Gasteiger partial charge in [0.2, 0.25) is 0 Å². The third-order valence-corrected chi connectivity index (χ3v) is 1.38. The smallest absolute Gasteiger partial charge is 0.272 e. The number of rotatable bonds is 1. The second kappa shape index (κ2) is 3.71. The van der Waals surface area contributed by atoms with E-state index in [1.54, 1.807) is 6.92 Å². The lowest BCUT2D eigenvalue weighted by Gasteiger charge is -1.95. The number of nitrogens with zero attached hydrogens (tertiary/aromatic N) is 1. The second-order valence-electron chi connectivity index (χ2n) is 2.23. The Labute approximate surface area is 70.6 Å². The zero-order valence-electron chi connectivity index (χ0n) is 5.94. The molecule has 1 aromatic rings. The van der Waals surface area contributed by atoms with Gasteiger partial charge in [-0.05, 0) is 19.1 Å². The number of benzene rings is 1. The Morgan fingerprint density at radius 2 is 2.08 bits per heavy atom. The number of nitro groups is 1. The van der Waals surface area contributed by atoms with Gasteiger partial charge in [-0.1, -0.05) is 7.43 Å². The van der Waals surface area contributed by atoms with Crippen LogP contribution in [0.2, 0.25) is 0 Å². The first-order valence-electron chi connectivity index (χ1n) is 3.05. The molecule has 12 heavy (non-hydrogen) atoms. The van der Waals surface area contributed by atoms with Crippen LogP contribution >= 0.6 is 0 Å². The summed E-state index contributed by atoms with van der Waals surface area (Å²) in [4.78, 5) is 9.78. The predicted molar refractivity (Wildman–Crippen MR) is 46.2 cm³/mol. The van der Waals surface area contributed by atoms with E-state index in [0.29, 0.717) is 5.56 Å². The largest absolute Gasteiger partial charge is 0.508 e. The fourth-order valence-corrected chi connectivity index (χ4v) is 0.844. The molecule has 0 saturated carbocycles. The standard InChI is InChI=1S/C7H7NO3.CH4/c1-5-4-6(9)2-3-7(5)8(10)11;/h2-4,9H,1H3;1H4. The number of aromatic hydroxyl groups is 1. The lowest BCUT2D eigenvalue weighted by molar-refractivity contribution is -0.385. The molecular weight excluding hydrogens is 158 g/mol. The lowest BCUT2D eigenvalue weighted by atomic mass is 10.2. The van der Waals surface area contributed by atoms with E-state index < -0.39 is 4.92 Å². The molecule has 0 aliphatic carbocycles. The molecule has 0 bridgehead atoms. The molecule has 0 amide bonds. The molecule has 0 aliphatic rings. The van der Waals surface area contributed by atoms with E-state index in [9.17, 15) is 10.1 Å². The zero-order valence-corrected chi connectivity index (χ0v) is 5.94. The van der Waals surface area contributed by atoms with Gasteiger partial charge in [-0.25, -0.2) is 0 Å². The molecule has 0 unspecified atom stereocenters. The molecular formula is C8H11NO3. The number of phenolic OH excluding ortho intramolecular Hbond substituents is 1. The van der Waals surface area contributed by atoms with Crippen LogP contribution in [0.25, 0.3) is 0 Å². The van der Waals surface area contributed by atoms with Crippen LogP contribution in [0.5, 0.6) is 5.75 Å². The molecule has 1 rings (SSSR count). The van der Waals surface area contributed by atoms with Crippen molar-refractivity contribution in [1.29, 1.82) is 0 Å². The van der Waals surface area contributed by atoms with Crippen LogP contribution in [0.1, 0.15) is 13.0 Å². The summed E-state index contributed by atoms with van der Waals surface area (Å²) in [5.41, 5.74) is 0.498. The minimum Gasteiger partial charge on any atom is -0.508 e. The minimum absolute atomic E-state index is 0. The molecule has 1 aromatic carbocycles. The molecule has 4 nitrogen and oxygen atoms in total. The maximum atomic E-state index is 10.3. The Morgan fingerprint density at radius 3 is 2.50 bits per heavy atom. The fourth-order valence-electron chi connectivity index (χ4n) is 0.844. The Balaban J connectivity index is 0.00000121. The Hall–Kier alpha value is -1.58. The van der Waals surface area contributed by atoms with Gasteiger partial charge in [0, 0.05) is 11.6 Å². The van der Waals surface area contributed by atoms with E-state index in [1.165, 1.54) is 18.2 Å². The van der Waals surface area contributed by atoms with Gasteiger partial charge in [0.25, 0.3) is 5.69 Å². The van der Waals surface area contributed by atoms with Crippen molar-refractivity contribution in [3.8, 4) is 5.75 Å².